The maximum Gasteiger partial charge on any atom is 0.358 e. The Hall–Kier alpha value is -3.82. The van der Waals surface area contributed by atoms with E-state index in [4.69, 9.17) is 37.4 Å². The van der Waals surface area contributed by atoms with E-state index in [1.54, 1.807) is 34.5 Å². The van der Waals surface area contributed by atoms with Crippen molar-refractivity contribution in [2.45, 2.75) is 61.6 Å². The molecule has 2 aromatic heterocycles. The SMILES string of the molecule is CCOC(=O)c1cc(C)n(Cc2cc(Cl)ccc2OCC(C)C)n1.Cc1cc(C=O)nn1Cc1cc(Cl)ccc1OCC(C)C. The maximum atomic E-state index is 11.8. The molecule has 4 rings (SSSR count). The first-order chi connectivity index (χ1) is 21.4. The van der Waals surface area contributed by atoms with E-state index in [1.807, 2.05) is 44.2 Å². The molecule has 0 aliphatic carbocycles. The third-order valence-electron chi connectivity index (χ3n) is 6.42. The first-order valence-corrected chi connectivity index (χ1v) is 15.7. The zero-order valence-corrected chi connectivity index (χ0v) is 28.5. The zero-order chi connectivity index (χ0) is 33.1. The molecule has 4 aromatic rings. The number of rotatable bonds is 13. The standard InChI is InChI=1S/C18H23ClN2O3.C16H19ClN2O2/c1-5-23-18(22)16-8-13(4)21(20-16)10-14-9-15(19)6-7-17(14)24-11-12(2)3;1-11(2)10-21-16-5-4-14(17)7-13(16)8-19-12(3)6-15(9-20)18-19/h6-9,12H,5,10-11H2,1-4H3;4-7,9,11H,8,10H2,1-3H3. The van der Waals surface area contributed by atoms with Gasteiger partial charge in [0.2, 0.25) is 0 Å². The van der Waals surface area contributed by atoms with E-state index in [1.165, 1.54) is 0 Å². The third kappa shape index (κ3) is 10.9. The number of hydrogen-bond acceptors (Lipinski definition) is 7. The zero-order valence-electron chi connectivity index (χ0n) is 27.0. The lowest BCUT2D eigenvalue weighted by molar-refractivity contribution is 0.0518. The van der Waals surface area contributed by atoms with Crippen molar-refractivity contribution in [2.24, 2.45) is 11.8 Å². The van der Waals surface area contributed by atoms with Crippen LogP contribution in [-0.4, -0.2) is 51.6 Å². The van der Waals surface area contributed by atoms with Crippen LogP contribution in [0.25, 0.3) is 0 Å². The van der Waals surface area contributed by atoms with Crippen LogP contribution >= 0.6 is 23.2 Å². The number of benzene rings is 2. The molecule has 2 heterocycles. The Morgan fingerprint density at radius 1 is 0.800 bits per heavy atom. The number of carbonyl (C=O) groups is 2. The average molecular weight is 658 g/mol. The number of aryl methyl sites for hydroxylation is 2. The first kappa shape index (κ1) is 35.7. The first-order valence-electron chi connectivity index (χ1n) is 14.9. The normalized spacial score (nSPS) is 10.9. The van der Waals surface area contributed by atoms with Gasteiger partial charge in [0, 0.05) is 32.6 Å². The summed E-state index contributed by atoms with van der Waals surface area (Å²) in [7, 11) is 0. The summed E-state index contributed by atoms with van der Waals surface area (Å²) < 4.78 is 20.2. The van der Waals surface area contributed by atoms with Gasteiger partial charge in [0.25, 0.3) is 0 Å². The number of hydrogen-bond donors (Lipinski definition) is 0. The lowest BCUT2D eigenvalue weighted by atomic mass is 10.2. The number of nitrogens with zero attached hydrogens (tertiary/aromatic N) is 4. The van der Waals surface area contributed by atoms with Crippen LogP contribution in [-0.2, 0) is 17.8 Å². The molecule has 0 unspecified atom stereocenters. The van der Waals surface area contributed by atoms with Crippen LogP contribution < -0.4 is 9.47 Å². The van der Waals surface area contributed by atoms with Crippen molar-refractivity contribution in [3.8, 4) is 11.5 Å². The minimum atomic E-state index is -0.415. The third-order valence-corrected chi connectivity index (χ3v) is 6.89. The molecular formula is C34H42Cl2N4O5. The quantitative estimate of drug-likeness (QED) is 0.107. The second kappa shape index (κ2) is 17.0. The largest absolute Gasteiger partial charge is 0.493 e. The maximum absolute atomic E-state index is 11.8. The fraction of sp³-hybridized carbons (Fsp3) is 0.412. The van der Waals surface area contributed by atoms with Crippen LogP contribution in [0.15, 0.2) is 48.5 Å². The molecule has 0 saturated heterocycles. The topological polar surface area (TPSA) is 97.5 Å². The highest BCUT2D eigenvalue weighted by molar-refractivity contribution is 6.31. The van der Waals surface area contributed by atoms with E-state index in [0.29, 0.717) is 66.2 Å². The Kier molecular flexibility index (Phi) is 13.5. The monoisotopic (exact) mass is 656 g/mol. The molecule has 0 amide bonds. The second-order valence-electron chi connectivity index (χ2n) is 11.4. The molecule has 9 nitrogen and oxygen atoms in total. The van der Waals surface area contributed by atoms with E-state index in [9.17, 15) is 9.59 Å². The van der Waals surface area contributed by atoms with Gasteiger partial charge in [-0.25, -0.2) is 4.79 Å². The minimum absolute atomic E-state index is 0.307. The Morgan fingerprint density at radius 2 is 1.29 bits per heavy atom. The molecular weight excluding hydrogens is 615 g/mol. The Bertz CT molecular complexity index is 1580. The van der Waals surface area contributed by atoms with Crippen molar-refractivity contribution in [2.75, 3.05) is 19.8 Å². The summed E-state index contributed by atoms with van der Waals surface area (Å²) in [6, 6.07) is 14.6. The molecule has 0 N–H and O–H groups in total. The van der Waals surface area contributed by atoms with Crippen molar-refractivity contribution < 1.29 is 23.8 Å². The van der Waals surface area contributed by atoms with Crippen LogP contribution in [0, 0.1) is 25.7 Å². The molecule has 0 aliphatic heterocycles. The van der Waals surface area contributed by atoms with Gasteiger partial charge in [-0.3, -0.25) is 14.2 Å². The molecule has 2 aromatic carbocycles. The molecule has 0 saturated carbocycles. The molecule has 242 valence electrons. The van der Waals surface area contributed by atoms with Crippen LogP contribution in [0.3, 0.4) is 0 Å². The van der Waals surface area contributed by atoms with Crippen LogP contribution in [0.5, 0.6) is 11.5 Å². The highest BCUT2D eigenvalue weighted by Gasteiger charge is 2.15. The van der Waals surface area contributed by atoms with E-state index in [-0.39, 0.29) is 0 Å². The van der Waals surface area contributed by atoms with Crippen molar-refractivity contribution in [1.82, 2.24) is 19.6 Å². The Labute approximate surface area is 275 Å². The Morgan fingerprint density at radius 3 is 1.73 bits per heavy atom. The van der Waals surface area contributed by atoms with Crippen molar-refractivity contribution in [1.29, 1.82) is 0 Å². The molecule has 0 fully saturated rings. The van der Waals surface area contributed by atoms with Crippen LogP contribution in [0.1, 0.15) is 78.1 Å². The van der Waals surface area contributed by atoms with Crippen LogP contribution in [0.2, 0.25) is 10.0 Å². The predicted octanol–water partition coefficient (Wildman–Crippen LogP) is 7.85. The van der Waals surface area contributed by atoms with Gasteiger partial charge >= 0.3 is 5.97 Å². The fourth-order valence-corrected chi connectivity index (χ4v) is 4.58. The molecule has 45 heavy (non-hydrogen) atoms. The summed E-state index contributed by atoms with van der Waals surface area (Å²) in [6.45, 7) is 16.6. The molecule has 0 radical (unpaired) electrons. The Balaban J connectivity index is 0.000000248. The number of ether oxygens (including phenoxy) is 3. The molecule has 0 bridgehead atoms. The minimum Gasteiger partial charge on any atom is -0.493 e. The smallest absolute Gasteiger partial charge is 0.358 e. The van der Waals surface area contributed by atoms with Gasteiger partial charge in [-0.15, -0.1) is 0 Å². The number of esters is 1. The van der Waals surface area contributed by atoms with Gasteiger partial charge < -0.3 is 14.2 Å². The van der Waals surface area contributed by atoms with Crippen molar-refractivity contribution in [3.63, 3.8) is 0 Å². The summed E-state index contributed by atoms with van der Waals surface area (Å²) in [6.07, 6.45) is 0.748. The molecule has 11 heteroatoms. The summed E-state index contributed by atoms with van der Waals surface area (Å²) in [5.41, 5.74) is 4.40. The number of carbonyl (C=O) groups excluding carboxylic acids is 2. The highest BCUT2D eigenvalue weighted by Crippen LogP contribution is 2.26. The number of aromatic nitrogens is 4. The fourth-order valence-electron chi connectivity index (χ4n) is 4.19. The van der Waals surface area contributed by atoms with Crippen LogP contribution in [0.4, 0.5) is 0 Å². The molecule has 0 spiro atoms. The second-order valence-corrected chi connectivity index (χ2v) is 12.3. The average Bonchev–Trinajstić information content (AvgIpc) is 3.53. The van der Waals surface area contributed by atoms with Gasteiger partial charge in [-0.05, 0) is 81.1 Å². The lowest BCUT2D eigenvalue weighted by Crippen LogP contribution is -2.11. The van der Waals surface area contributed by atoms with Gasteiger partial charge in [-0.1, -0.05) is 50.9 Å². The highest BCUT2D eigenvalue weighted by atomic mass is 35.5. The van der Waals surface area contributed by atoms with Gasteiger partial charge in [0.1, 0.15) is 17.2 Å². The van der Waals surface area contributed by atoms with E-state index in [0.717, 1.165) is 40.3 Å². The summed E-state index contributed by atoms with van der Waals surface area (Å²) in [4.78, 5) is 22.6. The van der Waals surface area contributed by atoms with Gasteiger partial charge in [0.05, 0.1) is 32.9 Å². The van der Waals surface area contributed by atoms with Gasteiger partial charge in [-0.2, -0.15) is 10.2 Å². The van der Waals surface area contributed by atoms with E-state index < -0.39 is 5.97 Å². The summed E-state index contributed by atoms with van der Waals surface area (Å²) >= 11 is 12.2. The van der Waals surface area contributed by atoms with E-state index in [2.05, 4.69) is 37.9 Å². The molecule has 0 aliphatic rings. The summed E-state index contributed by atoms with van der Waals surface area (Å²) in [5, 5.41) is 9.86. The number of aldehydes is 1. The number of halogens is 2. The van der Waals surface area contributed by atoms with Crippen molar-refractivity contribution in [3.05, 3.63) is 92.5 Å². The summed E-state index contributed by atoms with van der Waals surface area (Å²) in [5.74, 6) is 2.04. The predicted molar refractivity (Wildman–Crippen MR) is 177 cm³/mol. The van der Waals surface area contributed by atoms with E-state index >= 15 is 0 Å². The van der Waals surface area contributed by atoms with Gasteiger partial charge in [0.15, 0.2) is 12.0 Å². The lowest BCUT2D eigenvalue weighted by Gasteiger charge is -2.14. The van der Waals surface area contributed by atoms with Crippen molar-refractivity contribution >= 4 is 35.5 Å². The molecule has 0 atom stereocenters.